The lowest BCUT2D eigenvalue weighted by Gasteiger charge is -1.85. The Balaban J connectivity index is 3.29. The second-order valence-corrected chi connectivity index (χ2v) is 1.17. The van der Waals surface area contributed by atoms with Crippen molar-refractivity contribution in [3.8, 4) is 0 Å². The number of carbonyl (C=O) groups excluding carboxylic acids is 1. The van der Waals surface area contributed by atoms with Gasteiger partial charge >= 0.3 is 5.97 Å². The summed E-state index contributed by atoms with van der Waals surface area (Å²) in [6, 6.07) is 0. The van der Waals surface area contributed by atoms with Crippen LogP contribution in [0.4, 0.5) is 0 Å². The van der Waals surface area contributed by atoms with Crippen molar-refractivity contribution in [1.82, 2.24) is 0 Å². The molecule has 0 saturated heterocycles. The lowest BCUT2D eigenvalue weighted by molar-refractivity contribution is -0.135. The van der Waals surface area contributed by atoms with E-state index in [2.05, 4.69) is 11.3 Å². The van der Waals surface area contributed by atoms with Gasteiger partial charge in [-0.1, -0.05) is 12.7 Å². The maximum Gasteiger partial charge on any atom is 0.307 e. The van der Waals surface area contributed by atoms with E-state index in [0.29, 0.717) is 0 Å². The Morgan fingerprint density at radius 2 is 2.38 bits per heavy atom. The topological polar surface area (TPSA) is 26.3 Å². The average Bonchev–Trinajstić information content (AvgIpc) is 1.66. The van der Waals surface area contributed by atoms with E-state index < -0.39 is 0 Å². The van der Waals surface area contributed by atoms with Crippen LogP contribution < -0.4 is 0 Å². The Kier molecular flexibility index (Phi) is 3.58. The van der Waals surface area contributed by atoms with Crippen LogP contribution in [-0.2, 0) is 9.53 Å². The maximum absolute atomic E-state index is 10.0. The van der Waals surface area contributed by atoms with Crippen LogP contribution in [0.15, 0.2) is 25.0 Å². The van der Waals surface area contributed by atoms with E-state index in [9.17, 15) is 4.79 Å². The lowest BCUT2D eigenvalue weighted by Crippen LogP contribution is -1.88. The molecule has 0 radical (unpaired) electrons. The zero-order valence-corrected chi connectivity index (χ0v) is 4.76. The minimum Gasteiger partial charge on any atom is -0.435 e. The quantitative estimate of drug-likeness (QED) is 0.305. The molecule has 0 aromatic rings. The van der Waals surface area contributed by atoms with Crippen LogP contribution in [0.3, 0.4) is 0 Å². The summed E-state index contributed by atoms with van der Waals surface area (Å²) in [6.07, 6.45) is 4.36. The van der Waals surface area contributed by atoms with E-state index >= 15 is 0 Å². The fraction of sp³-hybridized carbons (Fsp3) is 0.167. The van der Waals surface area contributed by atoms with Crippen molar-refractivity contribution >= 4 is 5.97 Å². The highest BCUT2D eigenvalue weighted by Crippen LogP contribution is 1.77. The number of rotatable bonds is 2. The molecule has 44 valence electrons. The molecule has 0 aliphatic carbocycles. The first-order chi connectivity index (χ1) is 3.77. The summed E-state index contributed by atoms with van der Waals surface area (Å²) in [5, 5.41) is 0. The molecule has 2 heteroatoms. The fourth-order valence-corrected chi connectivity index (χ4v) is 0.191. The Bertz CT molecular complexity index is 114. The number of esters is 1. The van der Waals surface area contributed by atoms with Crippen molar-refractivity contribution < 1.29 is 9.53 Å². The molecule has 0 amide bonds. The molecule has 8 heavy (non-hydrogen) atoms. The molecule has 0 aromatic heterocycles. The van der Waals surface area contributed by atoms with Gasteiger partial charge in [0.25, 0.3) is 0 Å². The third kappa shape index (κ3) is 4.95. The molecule has 0 unspecified atom stereocenters. The molecule has 0 aromatic carbocycles. The summed E-state index contributed by atoms with van der Waals surface area (Å²) < 4.78 is 4.39. The smallest absolute Gasteiger partial charge is 0.307 e. The Labute approximate surface area is 48.5 Å². The van der Waals surface area contributed by atoms with E-state index in [1.54, 1.807) is 6.08 Å². The van der Waals surface area contributed by atoms with Gasteiger partial charge in [-0.3, -0.25) is 4.79 Å². The lowest BCUT2D eigenvalue weighted by atomic mass is 10.6. The molecular weight excluding hydrogens is 104 g/mol. The molecule has 0 aliphatic rings. The van der Waals surface area contributed by atoms with Gasteiger partial charge in [-0.15, -0.1) is 0 Å². The molecule has 0 bridgehead atoms. The number of ether oxygens (including phenoxy) is 1. The molecule has 0 spiro atoms. The standard InChI is InChI=1S/C6H8O2/c1-3-4-5-8-6(2)7/h3-5H,1H2,2H3/b5-4-. The van der Waals surface area contributed by atoms with Gasteiger partial charge in [-0.25, -0.2) is 0 Å². The highest BCUT2D eigenvalue weighted by atomic mass is 16.5. The van der Waals surface area contributed by atoms with E-state index in [-0.39, 0.29) is 5.97 Å². The van der Waals surface area contributed by atoms with Crippen LogP contribution in [0.1, 0.15) is 6.92 Å². The van der Waals surface area contributed by atoms with Gasteiger partial charge in [0.05, 0.1) is 6.26 Å². The Morgan fingerprint density at radius 1 is 1.75 bits per heavy atom. The van der Waals surface area contributed by atoms with E-state index in [1.807, 2.05) is 0 Å². The molecular formula is C6H8O2. The van der Waals surface area contributed by atoms with Gasteiger partial charge in [0, 0.05) is 6.92 Å². The van der Waals surface area contributed by atoms with Crippen molar-refractivity contribution in [2.45, 2.75) is 6.92 Å². The molecule has 0 saturated carbocycles. The zero-order chi connectivity index (χ0) is 6.41. The van der Waals surface area contributed by atoms with Crippen LogP contribution in [0, 0.1) is 0 Å². The van der Waals surface area contributed by atoms with Crippen LogP contribution >= 0.6 is 0 Å². The van der Waals surface area contributed by atoms with E-state index in [1.165, 1.54) is 19.3 Å². The summed E-state index contributed by atoms with van der Waals surface area (Å²) in [5.41, 5.74) is 0. The second kappa shape index (κ2) is 4.12. The monoisotopic (exact) mass is 112 g/mol. The Morgan fingerprint density at radius 3 is 2.75 bits per heavy atom. The minimum atomic E-state index is -0.317. The van der Waals surface area contributed by atoms with Gasteiger partial charge in [0.2, 0.25) is 0 Å². The van der Waals surface area contributed by atoms with E-state index in [0.717, 1.165) is 0 Å². The first kappa shape index (κ1) is 6.95. The van der Waals surface area contributed by atoms with Crippen LogP contribution in [0.2, 0.25) is 0 Å². The molecule has 0 atom stereocenters. The molecule has 0 heterocycles. The molecule has 0 fully saturated rings. The highest BCUT2D eigenvalue weighted by Gasteiger charge is 1.80. The summed E-state index contributed by atoms with van der Waals surface area (Å²) >= 11 is 0. The Hall–Kier alpha value is -1.05. The van der Waals surface area contributed by atoms with Crippen LogP contribution in [0.25, 0.3) is 0 Å². The first-order valence-electron chi connectivity index (χ1n) is 2.22. The predicted octanol–water partition coefficient (Wildman–Crippen LogP) is 1.25. The van der Waals surface area contributed by atoms with Crippen molar-refractivity contribution in [3.63, 3.8) is 0 Å². The second-order valence-electron chi connectivity index (χ2n) is 1.17. The summed E-state index contributed by atoms with van der Waals surface area (Å²) in [7, 11) is 0. The number of hydrogen-bond donors (Lipinski definition) is 0. The SMILES string of the molecule is C=C/C=C\OC(C)=O. The van der Waals surface area contributed by atoms with E-state index in [4.69, 9.17) is 0 Å². The maximum atomic E-state index is 10.0. The number of hydrogen-bond acceptors (Lipinski definition) is 2. The molecule has 0 rings (SSSR count). The average molecular weight is 112 g/mol. The fourth-order valence-electron chi connectivity index (χ4n) is 0.191. The highest BCUT2D eigenvalue weighted by molar-refractivity contribution is 5.66. The van der Waals surface area contributed by atoms with Crippen molar-refractivity contribution in [2.75, 3.05) is 0 Å². The number of carbonyl (C=O) groups is 1. The predicted molar refractivity (Wildman–Crippen MR) is 31.1 cm³/mol. The zero-order valence-electron chi connectivity index (χ0n) is 4.76. The van der Waals surface area contributed by atoms with Gasteiger partial charge in [0.1, 0.15) is 0 Å². The van der Waals surface area contributed by atoms with Crippen molar-refractivity contribution in [2.24, 2.45) is 0 Å². The first-order valence-corrected chi connectivity index (χ1v) is 2.22. The van der Waals surface area contributed by atoms with Gasteiger partial charge < -0.3 is 4.74 Å². The molecule has 2 nitrogen and oxygen atoms in total. The third-order valence-electron chi connectivity index (χ3n) is 0.449. The third-order valence-corrected chi connectivity index (χ3v) is 0.449. The van der Waals surface area contributed by atoms with Gasteiger partial charge in [-0.05, 0) is 6.08 Å². The van der Waals surface area contributed by atoms with Crippen LogP contribution in [-0.4, -0.2) is 5.97 Å². The van der Waals surface area contributed by atoms with Crippen molar-refractivity contribution in [1.29, 1.82) is 0 Å². The summed E-state index contributed by atoms with van der Waals surface area (Å²) in [6.45, 7) is 4.72. The van der Waals surface area contributed by atoms with Crippen LogP contribution in [0.5, 0.6) is 0 Å². The summed E-state index contributed by atoms with van der Waals surface area (Å²) in [5.74, 6) is -0.317. The van der Waals surface area contributed by atoms with Gasteiger partial charge in [0.15, 0.2) is 0 Å². The van der Waals surface area contributed by atoms with Crippen molar-refractivity contribution in [3.05, 3.63) is 25.0 Å². The number of allylic oxidation sites excluding steroid dienone is 2. The van der Waals surface area contributed by atoms with Gasteiger partial charge in [-0.2, -0.15) is 0 Å². The minimum absolute atomic E-state index is 0.317. The largest absolute Gasteiger partial charge is 0.435 e. The molecule has 0 N–H and O–H groups in total. The molecule has 0 aliphatic heterocycles. The summed E-state index contributed by atoms with van der Waals surface area (Å²) in [4.78, 5) is 10.0. The normalized spacial score (nSPS) is 9.12.